The van der Waals surface area contributed by atoms with Crippen molar-refractivity contribution in [3.8, 4) is 17.2 Å². The summed E-state index contributed by atoms with van der Waals surface area (Å²) in [6.45, 7) is 3.36. The Hall–Kier alpha value is -4.20. The number of ether oxygens (including phenoxy) is 3. The summed E-state index contributed by atoms with van der Waals surface area (Å²) in [6.07, 6.45) is -0.145. The van der Waals surface area contributed by atoms with E-state index in [2.05, 4.69) is 15.5 Å². The number of nitrogens with zero attached hydrogens (tertiary/aromatic N) is 3. The van der Waals surface area contributed by atoms with Gasteiger partial charge in [-0.05, 0) is 67.4 Å². The Kier molecular flexibility index (Phi) is 7.95. The summed E-state index contributed by atoms with van der Waals surface area (Å²) in [5.41, 5.74) is 2.98. The molecule has 188 valence electrons. The highest BCUT2D eigenvalue weighted by atomic mass is 16.5. The van der Waals surface area contributed by atoms with Gasteiger partial charge in [-0.1, -0.05) is 24.3 Å². The molecule has 1 heterocycles. The Morgan fingerprint density at radius 1 is 1.03 bits per heavy atom. The molecule has 0 amide bonds. The lowest BCUT2D eigenvalue weighted by atomic mass is 10.2. The van der Waals surface area contributed by atoms with Crippen molar-refractivity contribution < 1.29 is 24.1 Å². The molecule has 0 bridgehead atoms. The lowest BCUT2D eigenvalue weighted by Gasteiger charge is -2.24. The van der Waals surface area contributed by atoms with E-state index in [-0.39, 0.29) is 0 Å². The van der Waals surface area contributed by atoms with Gasteiger partial charge in [-0.15, -0.1) is 0 Å². The number of imidazole rings is 1. The smallest absolute Gasteiger partial charge is 0.344 e. The average molecular weight is 490 g/mol. The van der Waals surface area contributed by atoms with Gasteiger partial charge < -0.3 is 28.8 Å². The maximum atomic E-state index is 11.2. The molecule has 0 aliphatic heterocycles. The Labute approximate surface area is 210 Å². The molecule has 3 aromatic carbocycles. The van der Waals surface area contributed by atoms with Crippen molar-refractivity contribution in [3.63, 3.8) is 0 Å². The monoisotopic (exact) mass is 489 g/mol. The van der Waals surface area contributed by atoms with Gasteiger partial charge in [-0.3, -0.25) is 0 Å². The number of aromatic nitrogens is 2. The predicted molar refractivity (Wildman–Crippen MR) is 139 cm³/mol. The molecule has 1 N–H and O–H groups in total. The lowest BCUT2D eigenvalue weighted by molar-refractivity contribution is -0.144. The molecule has 4 rings (SSSR count). The Morgan fingerprint density at radius 2 is 1.78 bits per heavy atom. The van der Waals surface area contributed by atoms with Crippen molar-refractivity contribution in [2.75, 3.05) is 25.2 Å². The standard InChI is InChI=1S/C28H31N3O5/c1-20(27(32)33)36-24-9-6-8-21(18-24)19-31(28-29-25-10-4-5-11-26(25)30(28)2)16-7-17-35-23-14-12-22(34-3)13-15-23/h4-6,8-15,18,20H,7,16-17,19H2,1-3H3,(H,32,33). The van der Waals surface area contributed by atoms with Crippen LogP contribution >= 0.6 is 0 Å². The molecule has 0 fully saturated rings. The van der Waals surface area contributed by atoms with Crippen molar-refractivity contribution in [2.24, 2.45) is 7.05 Å². The first-order valence-corrected chi connectivity index (χ1v) is 11.9. The molecule has 4 aromatic rings. The molecular weight excluding hydrogens is 458 g/mol. The number of carbonyl (C=O) groups is 1. The van der Waals surface area contributed by atoms with Crippen LogP contribution in [0.3, 0.4) is 0 Å². The highest BCUT2D eigenvalue weighted by Gasteiger charge is 2.17. The second kappa shape index (κ2) is 11.5. The van der Waals surface area contributed by atoms with Gasteiger partial charge in [0.05, 0.1) is 24.8 Å². The van der Waals surface area contributed by atoms with E-state index in [4.69, 9.17) is 19.2 Å². The van der Waals surface area contributed by atoms with Crippen LogP contribution in [0.4, 0.5) is 5.95 Å². The van der Waals surface area contributed by atoms with Crippen LogP contribution < -0.4 is 19.1 Å². The van der Waals surface area contributed by atoms with E-state index < -0.39 is 12.1 Å². The number of aryl methyl sites for hydroxylation is 1. The number of fused-ring (bicyclic) bond motifs is 1. The zero-order valence-electron chi connectivity index (χ0n) is 20.8. The van der Waals surface area contributed by atoms with E-state index in [0.29, 0.717) is 25.4 Å². The van der Waals surface area contributed by atoms with Crippen LogP contribution in [0.25, 0.3) is 11.0 Å². The topological polar surface area (TPSA) is 86.1 Å². The van der Waals surface area contributed by atoms with Crippen LogP contribution in [0.15, 0.2) is 72.8 Å². The zero-order chi connectivity index (χ0) is 25.5. The van der Waals surface area contributed by atoms with Crippen LogP contribution in [0.5, 0.6) is 17.2 Å². The second-order valence-corrected chi connectivity index (χ2v) is 8.50. The molecule has 0 saturated carbocycles. The average Bonchev–Trinajstić information content (AvgIpc) is 3.22. The predicted octanol–water partition coefficient (Wildman–Crippen LogP) is 4.91. The van der Waals surface area contributed by atoms with Crippen molar-refractivity contribution in [1.29, 1.82) is 0 Å². The van der Waals surface area contributed by atoms with Gasteiger partial charge in [0, 0.05) is 20.1 Å². The number of anilines is 1. The minimum atomic E-state index is -1.00. The number of hydrogen-bond donors (Lipinski definition) is 1. The van der Waals surface area contributed by atoms with Gasteiger partial charge in [0.2, 0.25) is 5.95 Å². The number of carboxylic acids is 1. The van der Waals surface area contributed by atoms with E-state index in [1.54, 1.807) is 13.2 Å². The third kappa shape index (κ3) is 6.07. The van der Waals surface area contributed by atoms with Gasteiger partial charge >= 0.3 is 5.97 Å². The summed E-state index contributed by atoms with van der Waals surface area (Å²) >= 11 is 0. The van der Waals surface area contributed by atoms with Crippen molar-refractivity contribution in [2.45, 2.75) is 26.0 Å². The first-order valence-electron chi connectivity index (χ1n) is 11.9. The number of methoxy groups -OCH3 is 1. The molecular formula is C28H31N3O5. The van der Waals surface area contributed by atoms with Gasteiger partial charge in [-0.2, -0.15) is 0 Å². The number of carboxylic acid groups (broad SMARTS) is 1. The van der Waals surface area contributed by atoms with E-state index in [9.17, 15) is 9.90 Å². The number of aliphatic carboxylic acids is 1. The largest absolute Gasteiger partial charge is 0.497 e. The third-order valence-corrected chi connectivity index (χ3v) is 5.88. The van der Waals surface area contributed by atoms with Crippen molar-refractivity contribution >= 4 is 23.0 Å². The molecule has 0 saturated heterocycles. The molecule has 1 unspecified atom stereocenters. The van der Waals surface area contributed by atoms with E-state index >= 15 is 0 Å². The summed E-state index contributed by atoms with van der Waals surface area (Å²) < 4.78 is 18.8. The van der Waals surface area contributed by atoms with Crippen molar-refractivity contribution in [1.82, 2.24) is 9.55 Å². The van der Waals surface area contributed by atoms with Gasteiger partial charge in [-0.25, -0.2) is 9.78 Å². The second-order valence-electron chi connectivity index (χ2n) is 8.50. The Bertz CT molecular complexity index is 1300. The minimum Gasteiger partial charge on any atom is -0.497 e. The molecule has 0 aliphatic carbocycles. The molecule has 0 aliphatic rings. The maximum absolute atomic E-state index is 11.2. The van der Waals surface area contributed by atoms with E-state index in [1.807, 2.05) is 67.7 Å². The van der Waals surface area contributed by atoms with E-state index in [0.717, 1.165) is 40.5 Å². The third-order valence-electron chi connectivity index (χ3n) is 5.88. The molecule has 1 atom stereocenters. The number of rotatable bonds is 12. The number of para-hydroxylation sites is 2. The van der Waals surface area contributed by atoms with Crippen LogP contribution in [-0.4, -0.2) is 47.0 Å². The minimum absolute atomic E-state index is 0.523. The van der Waals surface area contributed by atoms with Crippen molar-refractivity contribution in [3.05, 3.63) is 78.4 Å². The fraction of sp³-hybridized carbons (Fsp3) is 0.286. The van der Waals surface area contributed by atoms with Crippen LogP contribution in [-0.2, 0) is 18.4 Å². The molecule has 8 heteroatoms. The van der Waals surface area contributed by atoms with Crippen LogP contribution in [0.1, 0.15) is 18.9 Å². The van der Waals surface area contributed by atoms with Crippen LogP contribution in [0.2, 0.25) is 0 Å². The summed E-state index contributed by atoms with van der Waals surface area (Å²) in [6, 6.07) is 23.1. The molecule has 0 spiro atoms. The Balaban J connectivity index is 1.50. The summed E-state index contributed by atoms with van der Waals surface area (Å²) in [7, 11) is 3.65. The quantitative estimate of drug-likeness (QED) is 0.283. The zero-order valence-corrected chi connectivity index (χ0v) is 20.8. The fourth-order valence-corrected chi connectivity index (χ4v) is 3.97. The maximum Gasteiger partial charge on any atom is 0.344 e. The fourth-order valence-electron chi connectivity index (χ4n) is 3.97. The highest BCUT2D eigenvalue weighted by molar-refractivity contribution is 5.78. The number of benzene rings is 3. The highest BCUT2D eigenvalue weighted by Crippen LogP contribution is 2.24. The summed E-state index contributed by atoms with van der Waals surface area (Å²) in [4.78, 5) is 18.3. The van der Waals surface area contributed by atoms with Gasteiger partial charge in [0.25, 0.3) is 0 Å². The molecule has 0 radical (unpaired) electrons. The first kappa shape index (κ1) is 24.9. The normalized spacial score (nSPS) is 11.8. The Morgan fingerprint density at radius 3 is 2.50 bits per heavy atom. The van der Waals surface area contributed by atoms with Crippen LogP contribution in [0, 0.1) is 0 Å². The molecule has 36 heavy (non-hydrogen) atoms. The summed E-state index contributed by atoms with van der Waals surface area (Å²) in [5.74, 6) is 1.96. The molecule has 8 nitrogen and oxygen atoms in total. The lowest BCUT2D eigenvalue weighted by Crippen LogP contribution is -2.28. The SMILES string of the molecule is COc1ccc(OCCCN(Cc2cccc(OC(C)C(=O)O)c2)c2nc3ccccc3n2C)cc1. The van der Waals surface area contributed by atoms with Gasteiger partial charge in [0.1, 0.15) is 17.2 Å². The molecule has 1 aromatic heterocycles. The first-order chi connectivity index (χ1) is 17.4. The number of hydrogen-bond acceptors (Lipinski definition) is 6. The van der Waals surface area contributed by atoms with E-state index in [1.165, 1.54) is 6.92 Å². The van der Waals surface area contributed by atoms with Gasteiger partial charge in [0.15, 0.2) is 6.10 Å². The summed E-state index contributed by atoms with van der Waals surface area (Å²) in [5, 5.41) is 9.17.